The van der Waals surface area contributed by atoms with Crippen LogP contribution in [0.4, 0.5) is 0 Å². The molecule has 3 N–H and O–H groups in total. The van der Waals surface area contributed by atoms with Crippen LogP contribution in [0.3, 0.4) is 0 Å². The van der Waals surface area contributed by atoms with Crippen LogP contribution in [0.15, 0.2) is 30.3 Å². The number of ether oxygens (including phenoxy) is 1. The third kappa shape index (κ3) is 3.91. The Labute approximate surface area is 138 Å². The quantitative estimate of drug-likeness (QED) is 0.829. The molecule has 0 aliphatic carbocycles. The second-order valence-electron chi connectivity index (χ2n) is 6.78. The third-order valence-electron chi connectivity index (χ3n) is 5.12. The van der Waals surface area contributed by atoms with Gasteiger partial charge in [0.2, 0.25) is 5.91 Å². The summed E-state index contributed by atoms with van der Waals surface area (Å²) in [6.07, 6.45) is 4.51. The van der Waals surface area contributed by atoms with Crippen molar-refractivity contribution in [1.29, 1.82) is 0 Å². The first-order chi connectivity index (χ1) is 11.2. The average molecular weight is 317 g/mol. The zero-order valence-corrected chi connectivity index (χ0v) is 13.8. The van der Waals surface area contributed by atoms with E-state index >= 15 is 0 Å². The summed E-state index contributed by atoms with van der Waals surface area (Å²) in [5, 5.41) is 3.12. The molecule has 2 aliphatic heterocycles. The van der Waals surface area contributed by atoms with Crippen LogP contribution in [0.5, 0.6) is 0 Å². The van der Waals surface area contributed by atoms with Crippen LogP contribution in [-0.2, 0) is 16.1 Å². The van der Waals surface area contributed by atoms with Crippen molar-refractivity contribution >= 4 is 5.91 Å². The fraction of sp³-hybridized carbons (Fsp3) is 0.611. The number of carbonyl (C=O) groups excluding carboxylic acids is 1. The fourth-order valence-corrected chi connectivity index (χ4v) is 4.01. The van der Waals surface area contributed by atoms with E-state index in [0.717, 1.165) is 19.4 Å². The Morgan fingerprint density at radius 1 is 1.30 bits per heavy atom. The summed E-state index contributed by atoms with van der Waals surface area (Å²) < 4.78 is 4.96. The number of piperidine rings is 1. The van der Waals surface area contributed by atoms with E-state index in [2.05, 4.69) is 40.5 Å². The molecule has 0 spiro atoms. The lowest BCUT2D eigenvalue weighted by atomic mass is 9.96. The number of nitrogens with one attached hydrogen (secondary N) is 1. The number of amides is 1. The van der Waals surface area contributed by atoms with E-state index in [9.17, 15) is 4.79 Å². The molecular formula is C18H27N3O2. The van der Waals surface area contributed by atoms with Gasteiger partial charge in [0.15, 0.2) is 0 Å². The molecule has 2 heterocycles. The van der Waals surface area contributed by atoms with Crippen LogP contribution in [0, 0.1) is 0 Å². The standard InChI is InChI=1S/C18H27N3O2/c1-23-12-17(19)18(22)20-14-9-15-7-8-16(10-14)21(15)11-13-5-3-2-4-6-13/h2-6,14-17H,7-12,19H2,1H3,(H,20,22). The SMILES string of the molecule is COCC(N)C(=O)NC1CC2CCC(C1)N2Cc1ccccc1. The Balaban J connectivity index is 1.55. The summed E-state index contributed by atoms with van der Waals surface area (Å²) in [5.41, 5.74) is 7.18. The monoisotopic (exact) mass is 317 g/mol. The van der Waals surface area contributed by atoms with Gasteiger partial charge in [-0.1, -0.05) is 30.3 Å². The first-order valence-electron chi connectivity index (χ1n) is 8.52. The van der Waals surface area contributed by atoms with Crippen molar-refractivity contribution in [2.75, 3.05) is 13.7 Å². The topological polar surface area (TPSA) is 67.6 Å². The van der Waals surface area contributed by atoms with Crippen LogP contribution in [0.2, 0.25) is 0 Å². The van der Waals surface area contributed by atoms with Crippen molar-refractivity contribution in [3.8, 4) is 0 Å². The summed E-state index contributed by atoms with van der Waals surface area (Å²) in [6.45, 7) is 1.28. The number of nitrogens with two attached hydrogens (primary N) is 1. The predicted molar refractivity (Wildman–Crippen MR) is 89.8 cm³/mol. The number of hydrogen-bond donors (Lipinski definition) is 2. The molecule has 3 unspecified atom stereocenters. The minimum absolute atomic E-state index is 0.0900. The van der Waals surface area contributed by atoms with E-state index < -0.39 is 6.04 Å². The molecular weight excluding hydrogens is 290 g/mol. The molecule has 5 nitrogen and oxygen atoms in total. The minimum Gasteiger partial charge on any atom is -0.383 e. The highest BCUT2D eigenvalue weighted by Gasteiger charge is 2.41. The van der Waals surface area contributed by atoms with Gasteiger partial charge in [0.1, 0.15) is 6.04 Å². The van der Waals surface area contributed by atoms with E-state index in [4.69, 9.17) is 10.5 Å². The molecule has 2 aliphatic rings. The molecule has 5 heteroatoms. The van der Waals surface area contributed by atoms with Gasteiger partial charge in [-0.25, -0.2) is 0 Å². The molecule has 1 aromatic carbocycles. The first kappa shape index (κ1) is 16.4. The van der Waals surface area contributed by atoms with Gasteiger partial charge in [-0.3, -0.25) is 9.69 Å². The van der Waals surface area contributed by atoms with Gasteiger partial charge in [0.05, 0.1) is 6.61 Å². The number of benzene rings is 1. The van der Waals surface area contributed by atoms with Crippen LogP contribution in [0.1, 0.15) is 31.2 Å². The third-order valence-corrected chi connectivity index (χ3v) is 5.12. The van der Waals surface area contributed by atoms with E-state index in [1.165, 1.54) is 18.4 Å². The predicted octanol–water partition coefficient (Wildman–Crippen LogP) is 1.27. The molecule has 2 fully saturated rings. The van der Waals surface area contributed by atoms with Crippen molar-refractivity contribution in [2.45, 2.75) is 56.4 Å². The molecule has 0 aromatic heterocycles. The molecule has 3 rings (SSSR count). The van der Waals surface area contributed by atoms with Crippen LogP contribution in [0.25, 0.3) is 0 Å². The zero-order valence-electron chi connectivity index (χ0n) is 13.8. The van der Waals surface area contributed by atoms with E-state index in [1.807, 2.05) is 0 Å². The second kappa shape index (κ2) is 7.43. The summed E-state index contributed by atoms with van der Waals surface area (Å²) in [7, 11) is 1.56. The lowest BCUT2D eigenvalue weighted by Gasteiger charge is -2.39. The number of methoxy groups -OCH3 is 1. The highest BCUT2D eigenvalue weighted by atomic mass is 16.5. The van der Waals surface area contributed by atoms with Crippen LogP contribution in [-0.4, -0.2) is 48.7 Å². The lowest BCUT2D eigenvalue weighted by molar-refractivity contribution is -0.124. The molecule has 0 radical (unpaired) electrons. The van der Waals surface area contributed by atoms with Gasteiger partial charge in [0.25, 0.3) is 0 Å². The van der Waals surface area contributed by atoms with Crippen molar-refractivity contribution < 1.29 is 9.53 Å². The molecule has 1 aromatic rings. The first-order valence-corrected chi connectivity index (χ1v) is 8.52. The normalized spacial score (nSPS) is 28.5. The van der Waals surface area contributed by atoms with E-state index in [1.54, 1.807) is 7.11 Å². The average Bonchev–Trinajstić information content (AvgIpc) is 2.79. The molecule has 23 heavy (non-hydrogen) atoms. The molecule has 3 atom stereocenters. The van der Waals surface area contributed by atoms with Gasteiger partial charge in [-0.05, 0) is 31.2 Å². The Kier molecular flexibility index (Phi) is 5.30. The fourth-order valence-electron chi connectivity index (χ4n) is 4.01. The largest absolute Gasteiger partial charge is 0.383 e. The number of nitrogens with zero attached hydrogens (tertiary/aromatic N) is 1. The van der Waals surface area contributed by atoms with Crippen molar-refractivity contribution in [1.82, 2.24) is 10.2 Å². The maximum Gasteiger partial charge on any atom is 0.239 e. The minimum atomic E-state index is -0.569. The van der Waals surface area contributed by atoms with Gasteiger partial charge in [-0.2, -0.15) is 0 Å². The Bertz CT molecular complexity index is 508. The van der Waals surface area contributed by atoms with Crippen molar-refractivity contribution in [2.24, 2.45) is 5.73 Å². The second-order valence-corrected chi connectivity index (χ2v) is 6.78. The summed E-state index contributed by atoms with van der Waals surface area (Å²) in [4.78, 5) is 14.7. The number of fused-ring (bicyclic) bond motifs is 2. The van der Waals surface area contributed by atoms with Gasteiger partial charge in [-0.15, -0.1) is 0 Å². The highest BCUT2D eigenvalue weighted by Crippen LogP contribution is 2.36. The van der Waals surface area contributed by atoms with Crippen LogP contribution >= 0.6 is 0 Å². The maximum absolute atomic E-state index is 12.1. The van der Waals surface area contributed by atoms with E-state index in [-0.39, 0.29) is 18.6 Å². The summed E-state index contributed by atoms with van der Waals surface area (Å²) in [5.74, 6) is -0.0900. The van der Waals surface area contributed by atoms with Crippen LogP contribution < -0.4 is 11.1 Å². The summed E-state index contributed by atoms with van der Waals surface area (Å²) in [6, 6.07) is 11.4. The molecule has 2 bridgehead atoms. The van der Waals surface area contributed by atoms with Gasteiger partial charge < -0.3 is 15.8 Å². The van der Waals surface area contributed by atoms with Crippen molar-refractivity contribution in [3.05, 3.63) is 35.9 Å². The lowest BCUT2D eigenvalue weighted by Crippen LogP contribution is -2.53. The highest BCUT2D eigenvalue weighted by molar-refractivity contribution is 5.81. The number of carbonyl (C=O) groups is 1. The molecule has 126 valence electrons. The molecule has 1 amide bonds. The molecule has 0 saturated carbocycles. The van der Waals surface area contributed by atoms with E-state index in [0.29, 0.717) is 12.1 Å². The smallest absolute Gasteiger partial charge is 0.239 e. The number of hydrogen-bond acceptors (Lipinski definition) is 4. The van der Waals surface area contributed by atoms with Gasteiger partial charge >= 0.3 is 0 Å². The molecule has 2 saturated heterocycles. The Morgan fingerprint density at radius 2 is 1.96 bits per heavy atom. The van der Waals surface area contributed by atoms with Crippen molar-refractivity contribution in [3.63, 3.8) is 0 Å². The maximum atomic E-state index is 12.1. The Hall–Kier alpha value is -1.43. The number of rotatable bonds is 6. The zero-order chi connectivity index (χ0) is 16.2. The summed E-state index contributed by atoms with van der Waals surface area (Å²) >= 11 is 0. The Morgan fingerprint density at radius 3 is 2.57 bits per heavy atom. The van der Waals surface area contributed by atoms with Gasteiger partial charge in [0, 0.05) is 31.8 Å².